The molecule has 0 spiro atoms. The third-order valence-electron chi connectivity index (χ3n) is 3.76. The second kappa shape index (κ2) is 7.29. The predicted octanol–water partition coefficient (Wildman–Crippen LogP) is 2.92. The smallest absolute Gasteiger partial charge is 0.323 e. The number of carbonyl (C=O) groups is 1. The number of hydrogen-bond donors (Lipinski definition) is 2. The van der Waals surface area contributed by atoms with Gasteiger partial charge in [-0.2, -0.15) is 0 Å². The van der Waals surface area contributed by atoms with Crippen LogP contribution in [-0.2, 0) is 4.79 Å². The van der Waals surface area contributed by atoms with Gasteiger partial charge in [-0.3, -0.25) is 4.79 Å². The molecule has 0 heterocycles. The van der Waals surface area contributed by atoms with Gasteiger partial charge < -0.3 is 15.2 Å². The van der Waals surface area contributed by atoms with Crippen LogP contribution in [0.2, 0.25) is 0 Å². The molecule has 1 unspecified atom stereocenters. The van der Waals surface area contributed by atoms with E-state index in [1.807, 2.05) is 25.1 Å². The van der Waals surface area contributed by atoms with E-state index in [4.69, 9.17) is 9.84 Å². The number of ether oxygens (including phenoxy) is 1. The number of hydrogen-bond acceptors (Lipinski definition) is 3. The SMILES string of the molecule is CCC(C)(NCCCOc1ccc(C)c(C)c1)C(=O)O. The van der Waals surface area contributed by atoms with Crippen LogP contribution in [0.25, 0.3) is 0 Å². The number of nitrogens with one attached hydrogen (secondary N) is 1. The summed E-state index contributed by atoms with van der Waals surface area (Å²) >= 11 is 0. The van der Waals surface area contributed by atoms with E-state index in [0.29, 0.717) is 19.6 Å². The largest absolute Gasteiger partial charge is 0.494 e. The zero-order valence-electron chi connectivity index (χ0n) is 12.8. The lowest BCUT2D eigenvalue weighted by molar-refractivity contribution is -0.144. The zero-order valence-corrected chi connectivity index (χ0v) is 12.8. The van der Waals surface area contributed by atoms with Gasteiger partial charge in [0.25, 0.3) is 0 Å². The van der Waals surface area contributed by atoms with Crippen LogP contribution in [0.15, 0.2) is 18.2 Å². The van der Waals surface area contributed by atoms with Gasteiger partial charge in [0.05, 0.1) is 6.61 Å². The molecule has 0 amide bonds. The molecule has 0 aromatic heterocycles. The fourth-order valence-electron chi connectivity index (χ4n) is 1.78. The predicted molar refractivity (Wildman–Crippen MR) is 80.4 cm³/mol. The van der Waals surface area contributed by atoms with Crippen molar-refractivity contribution in [1.82, 2.24) is 5.32 Å². The molecule has 0 fully saturated rings. The van der Waals surface area contributed by atoms with Crippen LogP contribution in [0.4, 0.5) is 0 Å². The summed E-state index contributed by atoms with van der Waals surface area (Å²) in [4.78, 5) is 11.1. The van der Waals surface area contributed by atoms with Gasteiger partial charge in [0.2, 0.25) is 0 Å². The number of carboxylic acid groups (broad SMARTS) is 1. The van der Waals surface area contributed by atoms with Crippen molar-refractivity contribution in [2.24, 2.45) is 0 Å². The Morgan fingerprint density at radius 2 is 2.05 bits per heavy atom. The van der Waals surface area contributed by atoms with Crippen LogP contribution in [0.5, 0.6) is 5.75 Å². The maximum Gasteiger partial charge on any atom is 0.323 e. The first-order valence-electron chi connectivity index (χ1n) is 7.07. The summed E-state index contributed by atoms with van der Waals surface area (Å²) in [5.74, 6) is 0.0552. The molecule has 4 heteroatoms. The van der Waals surface area contributed by atoms with Crippen molar-refractivity contribution >= 4 is 5.97 Å². The molecule has 4 nitrogen and oxygen atoms in total. The van der Waals surface area contributed by atoms with E-state index < -0.39 is 11.5 Å². The van der Waals surface area contributed by atoms with Crippen molar-refractivity contribution in [3.8, 4) is 5.75 Å². The summed E-state index contributed by atoms with van der Waals surface area (Å²) in [6, 6.07) is 6.03. The highest BCUT2D eigenvalue weighted by Gasteiger charge is 2.29. The van der Waals surface area contributed by atoms with Gasteiger partial charge in [0.15, 0.2) is 0 Å². The van der Waals surface area contributed by atoms with E-state index in [9.17, 15) is 4.79 Å². The molecule has 1 aromatic rings. The molecule has 1 atom stereocenters. The Bertz CT molecular complexity index is 459. The van der Waals surface area contributed by atoms with Crippen molar-refractivity contribution in [3.63, 3.8) is 0 Å². The standard InChI is InChI=1S/C16H25NO3/c1-5-16(4,15(18)19)17-9-6-10-20-14-8-7-12(2)13(3)11-14/h7-8,11,17H,5-6,9-10H2,1-4H3,(H,18,19). The molecule has 0 aliphatic rings. The quantitative estimate of drug-likeness (QED) is 0.718. The number of aryl methyl sites for hydroxylation is 2. The zero-order chi connectivity index (χ0) is 15.2. The molecular weight excluding hydrogens is 254 g/mol. The van der Waals surface area contributed by atoms with Gasteiger partial charge in [0.1, 0.15) is 11.3 Å². The average Bonchev–Trinajstić information content (AvgIpc) is 2.41. The van der Waals surface area contributed by atoms with Gasteiger partial charge >= 0.3 is 5.97 Å². The third-order valence-corrected chi connectivity index (χ3v) is 3.76. The monoisotopic (exact) mass is 279 g/mol. The fraction of sp³-hybridized carbons (Fsp3) is 0.562. The van der Waals surface area contributed by atoms with Gasteiger partial charge in [-0.1, -0.05) is 13.0 Å². The van der Waals surface area contributed by atoms with Crippen molar-refractivity contribution in [3.05, 3.63) is 29.3 Å². The summed E-state index contributed by atoms with van der Waals surface area (Å²) in [7, 11) is 0. The minimum absolute atomic E-state index is 0.556. The first-order chi connectivity index (χ1) is 9.39. The lowest BCUT2D eigenvalue weighted by atomic mass is 9.99. The maximum absolute atomic E-state index is 11.1. The van der Waals surface area contributed by atoms with Crippen LogP contribution < -0.4 is 10.1 Å². The van der Waals surface area contributed by atoms with E-state index >= 15 is 0 Å². The Morgan fingerprint density at radius 3 is 2.60 bits per heavy atom. The van der Waals surface area contributed by atoms with Crippen molar-refractivity contribution in [2.75, 3.05) is 13.2 Å². The first-order valence-corrected chi connectivity index (χ1v) is 7.07. The Balaban J connectivity index is 2.31. The summed E-state index contributed by atoms with van der Waals surface area (Å²) < 4.78 is 5.66. The topological polar surface area (TPSA) is 58.6 Å². The molecule has 2 N–H and O–H groups in total. The second-order valence-corrected chi connectivity index (χ2v) is 5.37. The second-order valence-electron chi connectivity index (χ2n) is 5.37. The number of carboxylic acids is 1. The maximum atomic E-state index is 11.1. The number of aliphatic carboxylic acids is 1. The van der Waals surface area contributed by atoms with Crippen LogP contribution in [0.3, 0.4) is 0 Å². The normalized spacial score (nSPS) is 13.8. The highest BCUT2D eigenvalue weighted by molar-refractivity contribution is 5.78. The van der Waals surface area contributed by atoms with Gasteiger partial charge in [-0.05, 0) is 63.4 Å². The molecule has 0 saturated carbocycles. The molecule has 0 saturated heterocycles. The molecule has 0 bridgehead atoms. The van der Waals surface area contributed by atoms with E-state index in [-0.39, 0.29) is 0 Å². The molecule has 112 valence electrons. The average molecular weight is 279 g/mol. The molecule has 0 radical (unpaired) electrons. The van der Waals surface area contributed by atoms with Crippen LogP contribution >= 0.6 is 0 Å². The summed E-state index contributed by atoms with van der Waals surface area (Å²) in [5, 5.41) is 12.2. The molecule has 0 aliphatic heterocycles. The van der Waals surface area contributed by atoms with Crippen LogP contribution in [0, 0.1) is 13.8 Å². The summed E-state index contributed by atoms with van der Waals surface area (Å²) in [5.41, 5.74) is 1.62. The van der Waals surface area contributed by atoms with E-state index in [1.54, 1.807) is 6.92 Å². The summed E-state index contributed by atoms with van der Waals surface area (Å²) in [6.45, 7) is 8.91. The number of rotatable bonds is 8. The molecule has 1 rings (SSSR count). The Hall–Kier alpha value is -1.55. The van der Waals surface area contributed by atoms with Crippen molar-refractivity contribution < 1.29 is 14.6 Å². The molecule has 20 heavy (non-hydrogen) atoms. The Kier molecular flexibility index (Phi) is 6.02. The lowest BCUT2D eigenvalue weighted by Crippen LogP contribution is -2.49. The van der Waals surface area contributed by atoms with Crippen molar-refractivity contribution in [2.45, 2.75) is 46.1 Å². The highest BCUT2D eigenvalue weighted by Crippen LogP contribution is 2.16. The Morgan fingerprint density at radius 1 is 1.35 bits per heavy atom. The minimum Gasteiger partial charge on any atom is -0.494 e. The van der Waals surface area contributed by atoms with Gasteiger partial charge in [-0.25, -0.2) is 0 Å². The fourth-order valence-corrected chi connectivity index (χ4v) is 1.78. The number of benzene rings is 1. The summed E-state index contributed by atoms with van der Waals surface area (Å²) in [6.07, 6.45) is 1.33. The van der Waals surface area contributed by atoms with Gasteiger partial charge in [-0.15, -0.1) is 0 Å². The van der Waals surface area contributed by atoms with Crippen molar-refractivity contribution in [1.29, 1.82) is 0 Å². The Labute approximate surface area is 121 Å². The van der Waals surface area contributed by atoms with E-state index in [2.05, 4.69) is 19.2 Å². The highest BCUT2D eigenvalue weighted by atomic mass is 16.5. The third kappa shape index (κ3) is 4.53. The van der Waals surface area contributed by atoms with E-state index in [1.165, 1.54) is 11.1 Å². The van der Waals surface area contributed by atoms with Crippen LogP contribution in [-0.4, -0.2) is 29.8 Å². The van der Waals surface area contributed by atoms with Crippen LogP contribution in [0.1, 0.15) is 37.8 Å². The lowest BCUT2D eigenvalue weighted by Gasteiger charge is -2.24. The molecule has 1 aromatic carbocycles. The molecule has 0 aliphatic carbocycles. The van der Waals surface area contributed by atoms with E-state index in [0.717, 1.165) is 12.2 Å². The molecular formula is C16H25NO3. The minimum atomic E-state index is -0.847. The first kappa shape index (κ1) is 16.5. The van der Waals surface area contributed by atoms with Gasteiger partial charge in [0, 0.05) is 0 Å².